The number of carbonyl (C=O) groups is 1. The van der Waals surface area contributed by atoms with Crippen molar-refractivity contribution in [1.29, 1.82) is 0 Å². The molecular weight excluding hydrogens is 192 g/mol. The van der Waals surface area contributed by atoms with Crippen LogP contribution in [0.4, 0.5) is 0 Å². The SMILES string of the molecule is C=CC[C@@]1(O)C(=O)C=C[C@H](Cl)[C@H]1O. The Morgan fingerprint density at radius 2 is 2.38 bits per heavy atom. The van der Waals surface area contributed by atoms with Crippen LogP contribution in [0.1, 0.15) is 6.42 Å². The van der Waals surface area contributed by atoms with E-state index in [1.54, 1.807) is 0 Å². The number of halogens is 1. The molecule has 0 bridgehead atoms. The minimum absolute atomic E-state index is 0.000556. The fourth-order valence-electron chi connectivity index (χ4n) is 1.28. The lowest BCUT2D eigenvalue weighted by atomic mass is 9.82. The highest BCUT2D eigenvalue weighted by Crippen LogP contribution is 2.27. The van der Waals surface area contributed by atoms with E-state index in [4.69, 9.17) is 11.6 Å². The molecule has 0 saturated heterocycles. The number of rotatable bonds is 2. The maximum Gasteiger partial charge on any atom is 0.189 e. The summed E-state index contributed by atoms with van der Waals surface area (Å²) in [5, 5.41) is 18.5. The fourth-order valence-corrected chi connectivity index (χ4v) is 1.56. The lowest BCUT2D eigenvalue weighted by Gasteiger charge is -2.34. The molecule has 3 atom stereocenters. The Hall–Kier alpha value is -0.640. The van der Waals surface area contributed by atoms with Gasteiger partial charge in [0.2, 0.25) is 0 Å². The number of aliphatic hydroxyl groups is 2. The summed E-state index contributed by atoms with van der Waals surface area (Å²) < 4.78 is 0. The number of aliphatic hydroxyl groups excluding tert-OH is 1. The van der Waals surface area contributed by atoms with E-state index in [2.05, 4.69) is 6.58 Å². The number of alkyl halides is 1. The zero-order chi connectivity index (χ0) is 10.1. The predicted molar refractivity (Wildman–Crippen MR) is 49.6 cm³/mol. The van der Waals surface area contributed by atoms with Crippen LogP contribution in [0, 0.1) is 0 Å². The van der Waals surface area contributed by atoms with Gasteiger partial charge >= 0.3 is 0 Å². The van der Waals surface area contributed by atoms with E-state index in [1.165, 1.54) is 18.2 Å². The largest absolute Gasteiger partial charge is 0.388 e. The molecule has 1 aliphatic rings. The molecule has 0 aliphatic heterocycles. The van der Waals surface area contributed by atoms with Gasteiger partial charge in [0.05, 0.1) is 5.38 Å². The number of hydrogen-bond acceptors (Lipinski definition) is 3. The van der Waals surface area contributed by atoms with Gasteiger partial charge in [0.1, 0.15) is 6.10 Å². The third kappa shape index (κ3) is 1.68. The van der Waals surface area contributed by atoms with Gasteiger partial charge in [-0.3, -0.25) is 4.79 Å². The van der Waals surface area contributed by atoms with Crippen molar-refractivity contribution in [2.24, 2.45) is 0 Å². The van der Waals surface area contributed by atoms with Gasteiger partial charge in [-0.2, -0.15) is 0 Å². The van der Waals surface area contributed by atoms with Gasteiger partial charge < -0.3 is 10.2 Å². The lowest BCUT2D eigenvalue weighted by Crippen LogP contribution is -2.54. The van der Waals surface area contributed by atoms with E-state index >= 15 is 0 Å². The second kappa shape index (κ2) is 3.62. The van der Waals surface area contributed by atoms with Gasteiger partial charge in [-0.15, -0.1) is 18.2 Å². The Balaban J connectivity index is 2.99. The highest BCUT2D eigenvalue weighted by Gasteiger charge is 2.45. The highest BCUT2D eigenvalue weighted by atomic mass is 35.5. The summed E-state index contributed by atoms with van der Waals surface area (Å²) in [5.74, 6) is -0.531. The van der Waals surface area contributed by atoms with Gasteiger partial charge in [0.15, 0.2) is 11.4 Å². The van der Waals surface area contributed by atoms with E-state index in [0.29, 0.717) is 0 Å². The van der Waals surface area contributed by atoms with E-state index in [0.717, 1.165) is 0 Å². The van der Waals surface area contributed by atoms with Gasteiger partial charge in [0, 0.05) is 6.42 Å². The number of carbonyl (C=O) groups excluding carboxylic acids is 1. The summed E-state index contributed by atoms with van der Waals surface area (Å²) >= 11 is 5.67. The molecule has 3 nitrogen and oxygen atoms in total. The summed E-state index contributed by atoms with van der Waals surface area (Å²) in [6.07, 6.45) is 2.66. The quantitative estimate of drug-likeness (QED) is 0.504. The molecule has 0 saturated carbocycles. The van der Waals surface area contributed by atoms with Crippen LogP contribution in [0.5, 0.6) is 0 Å². The molecule has 0 heterocycles. The van der Waals surface area contributed by atoms with Crippen LogP contribution >= 0.6 is 11.6 Å². The molecule has 72 valence electrons. The summed E-state index contributed by atoms with van der Waals surface area (Å²) in [4.78, 5) is 11.3. The first kappa shape index (κ1) is 10.4. The van der Waals surface area contributed by atoms with Crippen molar-refractivity contribution in [3.8, 4) is 0 Å². The maximum absolute atomic E-state index is 11.3. The van der Waals surface area contributed by atoms with Crippen molar-refractivity contribution in [2.45, 2.75) is 23.5 Å². The van der Waals surface area contributed by atoms with Gasteiger partial charge in [0.25, 0.3) is 0 Å². The topological polar surface area (TPSA) is 57.5 Å². The molecule has 4 heteroatoms. The van der Waals surface area contributed by atoms with Crippen molar-refractivity contribution in [3.05, 3.63) is 24.8 Å². The van der Waals surface area contributed by atoms with Crippen molar-refractivity contribution >= 4 is 17.4 Å². The molecule has 0 amide bonds. The molecule has 0 unspecified atom stereocenters. The van der Waals surface area contributed by atoms with Crippen LogP contribution in [0.25, 0.3) is 0 Å². The molecule has 0 aromatic rings. The summed E-state index contributed by atoms with van der Waals surface area (Å²) in [5.41, 5.74) is -1.80. The Bertz CT molecular complexity index is 262. The second-order valence-corrected chi connectivity index (χ2v) is 3.53. The molecule has 0 spiro atoms. The maximum atomic E-state index is 11.3. The van der Waals surface area contributed by atoms with Crippen molar-refractivity contribution in [2.75, 3.05) is 0 Å². The molecule has 0 radical (unpaired) electrons. The second-order valence-electron chi connectivity index (χ2n) is 3.03. The smallest absolute Gasteiger partial charge is 0.189 e. The first-order valence-corrected chi connectivity index (χ1v) is 4.34. The predicted octanol–water partition coefficient (Wildman–Crippen LogP) is 0.401. The monoisotopic (exact) mass is 202 g/mol. The number of ketones is 1. The molecule has 2 N–H and O–H groups in total. The van der Waals surface area contributed by atoms with Gasteiger partial charge in [-0.05, 0) is 6.08 Å². The molecule has 1 rings (SSSR count). The standard InChI is InChI=1S/C9H11ClO3/c1-2-5-9(13)7(11)4-3-6(10)8(9)12/h2-4,6,8,12-13H,1,5H2/t6-,8+,9+/m0/s1. The van der Waals surface area contributed by atoms with Crippen molar-refractivity contribution < 1.29 is 15.0 Å². The van der Waals surface area contributed by atoms with Crippen LogP contribution in [0.15, 0.2) is 24.8 Å². The molecular formula is C9H11ClO3. The lowest BCUT2D eigenvalue weighted by molar-refractivity contribution is -0.145. The van der Waals surface area contributed by atoms with Crippen LogP contribution in [-0.2, 0) is 4.79 Å². The van der Waals surface area contributed by atoms with Gasteiger partial charge in [-0.1, -0.05) is 12.2 Å². The minimum Gasteiger partial charge on any atom is -0.388 e. The third-order valence-corrected chi connectivity index (χ3v) is 2.49. The molecule has 0 aromatic carbocycles. The zero-order valence-corrected chi connectivity index (χ0v) is 7.74. The first-order chi connectivity index (χ1) is 6.02. The number of hydrogen-bond donors (Lipinski definition) is 2. The summed E-state index contributed by atoms with van der Waals surface area (Å²) in [6.45, 7) is 3.40. The van der Waals surface area contributed by atoms with Crippen LogP contribution in [0.2, 0.25) is 0 Å². The van der Waals surface area contributed by atoms with E-state index in [1.807, 2.05) is 0 Å². The molecule has 1 aliphatic carbocycles. The molecule has 13 heavy (non-hydrogen) atoms. The summed E-state index contributed by atoms with van der Waals surface area (Å²) in [6, 6.07) is 0. The third-order valence-electron chi connectivity index (χ3n) is 2.10. The van der Waals surface area contributed by atoms with Crippen LogP contribution in [0.3, 0.4) is 0 Å². The fraction of sp³-hybridized carbons (Fsp3) is 0.444. The Morgan fingerprint density at radius 1 is 1.77 bits per heavy atom. The van der Waals surface area contributed by atoms with Crippen molar-refractivity contribution in [3.63, 3.8) is 0 Å². The average molecular weight is 203 g/mol. The normalized spacial score (nSPS) is 39.2. The van der Waals surface area contributed by atoms with Crippen LogP contribution < -0.4 is 0 Å². The Kier molecular flexibility index (Phi) is 2.91. The minimum atomic E-state index is -1.80. The summed E-state index contributed by atoms with van der Waals surface area (Å²) in [7, 11) is 0. The molecule has 0 fully saturated rings. The van der Waals surface area contributed by atoms with E-state index in [-0.39, 0.29) is 6.42 Å². The van der Waals surface area contributed by atoms with E-state index in [9.17, 15) is 15.0 Å². The Labute approximate surface area is 81.3 Å². The first-order valence-electron chi connectivity index (χ1n) is 3.90. The Morgan fingerprint density at radius 3 is 2.92 bits per heavy atom. The highest BCUT2D eigenvalue weighted by molar-refractivity contribution is 6.23. The van der Waals surface area contributed by atoms with Crippen LogP contribution in [-0.4, -0.2) is 33.1 Å². The van der Waals surface area contributed by atoms with E-state index < -0.39 is 22.9 Å². The van der Waals surface area contributed by atoms with Gasteiger partial charge in [-0.25, -0.2) is 0 Å². The van der Waals surface area contributed by atoms with Crippen molar-refractivity contribution in [1.82, 2.24) is 0 Å². The zero-order valence-electron chi connectivity index (χ0n) is 6.98. The average Bonchev–Trinajstić information content (AvgIpc) is 2.10. The molecule has 0 aromatic heterocycles.